The third-order valence-corrected chi connectivity index (χ3v) is 4.78. The Kier molecular flexibility index (Phi) is 5.43. The number of rotatable bonds is 5. The summed E-state index contributed by atoms with van der Waals surface area (Å²) < 4.78 is 0. The number of benzene rings is 1. The van der Waals surface area contributed by atoms with E-state index in [1.54, 1.807) is 0 Å². The molecule has 1 atom stereocenters. The molecule has 1 aromatic carbocycles. The smallest absolute Gasteiger partial charge is 0.132 e. The summed E-state index contributed by atoms with van der Waals surface area (Å²) in [5, 5.41) is 10.5. The van der Waals surface area contributed by atoms with Gasteiger partial charge in [-0.15, -0.1) is 0 Å². The van der Waals surface area contributed by atoms with Gasteiger partial charge in [0.1, 0.15) is 11.6 Å². The molecule has 2 heterocycles. The van der Waals surface area contributed by atoms with Crippen molar-refractivity contribution in [2.45, 2.75) is 38.8 Å². The van der Waals surface area contributed by atoms with Crippen LogP contribution < -0.4 is 10.6 Å². The Morgan fingerprint density at radius 2 is 1.92 bits per heavy atom. The van der Waals surface area contributed by atoms with E-state index in [-0.39, 0.29) is 6.10 Å². The van der Waals surface area contributed by atoms with Gasteiger partial charge in [-0.25, -0.2) is 9.97 Å². The number of aliphatic hydroxyl groups is 1. The minimum Gasteiger partial charge on any atom is -0.392 e. The fraction of sp³-hybridized carbons (Fsp3) is 0.474. The zero-order chi connectivity index (χ0) is 16.9. The van der Waals surface area contributed by atoms with Gasteiger partial charge in [-0.1, -0.05) is 30.3 Å². The van der Waals surface area contributed by atoms with Gasteiger partial charge in [0.05, 0.1) is 11.8 Å². The Labute approximate surface area is 143 Å². The number of anilines is 1. The second-order valence-corrected chi connectivity index (χ2v) is 6.55. The molecule has 128 valence electrons. The molecule has 3 rings (SSSR count). The second-order valence-electron chi connectivity index (χ2n) is 6.55. The quantitative estimate of drug-likeness (QED) is 0.880. The van der Waals surface area contributed by atoms with E-state index >= 15 is 0 Å². The fourth-order valence-electron chi connectivity index (χ4n) is 3.41. The lowest BCUT2D eigenvalue weighted by Gasteiger charge is -2.35. The molecule has 0 unspecified atom stereocenters. The zero-order valence-electron chi connectivity index (χ0n) is 14.2. The van der Waals surface area contributed by atoms with Crippen LogP contribution in [0.25, 0.3) is 0 Å². The predicted octanol–water partition coefficient (Wildman–Crippen LogP) is 2.06. The Balaban J connectivity index is 1.58. The van der Waals surface area contributed by atoms with E-state index < -0.39 is 0 Å². The number of hydrogen-bond acceptors (Lipinski definition) is 5. The molecule has 5 heteroatoms. The van der Waals surface area contributed by atoms with Crippen molar-refractivity contribution in [2.24, 2.45) is 11.7 Å². The van der Waals surface area contributed by atoms with Crippen LogP contribution in [0.1, 0.15) is 29.9 Å². The lowest BCUT2D eigenvalue weighted by Crippen LogP contribution is -2.39. The molecule has 2 aromatic rings. The molecular weight excluding hydrogens is 300 g/mol. The van der Waals surface area contributed by atoms with Crippen molar-refractivity contribution < 1.29 is 5.11 Å². The van der Waals surface area contributed by atoms with Crippen molar-refractivity contribution in [1.82, 2.24) is 9.97 Å². The van der Waals surface area contributed by atoms with E-state index in [0.717, 1.165) is 49.7 Å². The fourth-order valence-corrected chi connectivity index (χ4v) is 3.41. The summed E-state index contributed by atoms with van der Waals surface area (Å²) in [6.45, 7) is 4.16. The van der Waals surface area contributed by atoms with Gasteiger partial charge in [0, 0.05) is 25.7 Å². The Morgan fingerprint density at radius 3 is 2.58 bits per heavy atom. The van der Waals surface area contributed by atoms with Gasteiger partial charge in [0.15, 0.2) is 0 Å². The molecule has 1 aliphatic heterocycles. The summed E-state index contributed by atoms with van der Waals surface area (Å²) >= 11 is 0. The highest BCUT2D eigenvalue weighted by molar-refractivity contribution is 5.40. The first-order valence-electron chi connectivity index (χ1n) is 8.67. The Bertz CT molecular complexity index is 654. The minimum absolute atomic E-state index is 0.277. The Hall–Kier alpha value is -1.98. The van der Waals surface area contributed by atoms with Gasteiger partial charge in [0.25, 0.3) is 0 Å². The van der Waals surface area contributed by atoms with E-state index in [9.17, 15) is 5.11 Å². The first kappa shape index (κ1) is 16.9. The standard InChI is InChI=1S/C19H26N4O/c1-14-21-17(13-20)12-19(22-14)23-9-7-16(8-10-23)18(24)11-15-5-3-2-4-6-15/h2-6,12,16,18,24H,7-11,13,20H2,1H3/t18-/m1/s1. The Morgan fingerprint density at radius 1 is 1.21 bits per heavy atom. The van der Waals surface area contributed by atoms with Crippen LogP contribution in [0.3, 0.4) is 0 Å². The number of hydrogen-bond donors (Lipinski definition) is 2. The molecule has 1 fully saturated rings. The summed E-state index contributed by atoms with van der Waals surface area (Å²) in [5.74, 6) is 2.07. The van der Waals surface area contributed by atoms with Crippen LogP contribution in [0.5, 0.6) is 0 Å². The summed E-state index contributed by atoms with van der Waals surface area (Å²) in [4.78, 5) is 11.2. The van der Waals surface area contributed by atoms with Crippen LogP contribution in [0.4, 0.5) is 5.82 Å². The van der Waals surface area contributed by atoms with Crippen LogP contribution in [-0.4, -0.2) is 34.3 Å². The average molecular weight is 326 g/mol. The molecule has 0 aliphatic carbocycles. The lowest BCUT2D eigenvalue weighted by atomic mass is 9.88. The third-order valence-electron chi connectivity index (χ3n) is 4.78. The number of nitrogens with zero attached hydrogens (tertiary/aromatic N) is 3. The van der Waals surface area contributed by atoms with Crippen molar-refractivity contribution in [3.63, 3.8) is 0 Å². The highest BCUT2D eigenvalue weighted by atomic mass is 16.3. The van der Waals surface area contributed by atoms with Crippen molar-refractivity contribution in [3.05, 3.63) is 53.5 Å². The van der Waals surface area contributed by atoms with E-state index in [4.69, 9.17) is 5.73 Å². The van der Waals surface area contributed by atoms with Crippen LogP contribution in [0.2, 0.25) is 0 Å². The van der Waals surface area contributed by atoms with Crippen LogP contribution in [0.15, 0.2) is 36.4 Å². The number of aromatic nitrogens is 2. The van der Waals surface area contributed by atoms with Gasteiger partial charge in [-0.05, 0) is 37.7 Å². The van der Waals surface area contributed by atoms with Gasteiger partial charge < -0.3 is 15.7 Å². The molecule has 0 saturated carbocycles. The van der Waals surface area contributed by atoms with Crippen LogP contribution in [0, 0.1) is 12.8 Å². The second kappa shape index (κ2) is 7.73. The molecule has 1 saturated heterocycles. The molecule has 0 spiro atoms. The molecule has 0 bridgehead atoms. The molecule has 24 heavy (non-hydrogen) atoms. The summed E-state index contributed by atoms with van der Waals surface area (Å²) in [5.41, 5.74) is 7.79. The van der Waals surface area contributed by atoms with Gasteiger partial charge in [0.2, 0.25) is 0 Å². The average Bonchev–Trinajstić information content (AvgIpc) is 2.62. The third kappa shape index (κ3) is 4.10. The van der Waals surface area contributed by atoms with Crippen LogP contribution >= 0.6 is 0 Å². The van der Waals surface area contributed by atoms with Crippen molar-refractivity contribution in [1.29, 1.82) is 0 Å². The van der Waals surface area contributed by atoms with Gasteiger partial charge in [-0.2, -0.15) is 0 Å². The summed E-state index contributed by atoms with van der Waals surface area (Å²) in [7, 11) is 0. The SMILES string of the molecule is Cc1nc(CN)cc(N2CCC([C@H](O)Cc3ccccc3)CC2)n1. The number of aliphatic hydroxyl groups excluding tert-OH is 1. The maximum Gasteiger partial charge on any atom is 0.132 e. The largest absolute Gasteiger partial charge is 0.392 e. The highest BCUT2D eigenvalue weighted by Crippen LogP contribution is 2.26. The van der Waals surface area contributed by atoms with E-state index in [2.05, 4.69) is 27.0 Å². The normalized spacial score (nSPS) is 17.0. The first-order valence-corrected chi connectivity index (χ1v) is 8.67. The van der Waals surface area contributed by atoms with Crippen molar-refractivity contribution >= 4 is 5.82 Å². The number of nitrogens with two attached hydrogens (primary N) is 1. The molecule has 0 amide bonds. The topological polar surface area (TPSA) is 75.3 Å². The lowest BCUT2D eigenvalue weighted by molar-refractivity contribution is 0.0929. The monoisotopic (exact) mass is 326 g/mol. The molecule has 3 N–H and O–H groups in total. The van der Waals surface area contributed by atoms with Crippen molar-refractivity contribution in [3.8, 4) is 0 Å². The maximum absolute atomic E-state index is 10.5. The molecule has 1 aliphatic rings. The highest BCUT2D eigenvalue weighted by Gasteiger charge is 2.26. The molecule has 0 radical (unpaired) electrons. The zero-order valence-corrected chi connectivity index (χ0v) is 14.2. The minimum atomic E-state index is -0.277. The van der Waals surface area contributed by atoms with Crippen LogP contribution in [-0.2, 0) is 13.0 Å². The maximum atomic E-state index is 10.5. The number of aryl methyl sites for hydroxylation is 1. The molecule has 1 aromatic heterocycles. The molecular formula is C19H26N4O. The summed E-state index contributed by atoms with van der Waals surface area (Å²) in [6, 6.07) is 12.2. The van der Waals surface area contributed by atoms with E-state index in [1.807, 2.05) is 31.2 Å². The number of piperidine rings is 1. The van der Waals surface area contributed by atoms with Gasteiger partial charge in [-0.3, -0.25) is 0 Å². The predicted molar refractivity (Wildman–Crippen MR) is 95.8 cm³/mol. The van der Waals surface area contributed by atoms with E-state index in [1.165, 1.54) is 5.56 Å². The summed E-state index contributed by atoms with van der Waals surface area (Å²) in [6.07, 6.45) is 2.42. The van der Waals surface area contributed by atoms with Gasteiger partial charge >= 0.3 is 0 Å². The molecule has 5 nitrogen and oxygen atoms in total. The van der Waals surface area contributed by atoms with Crippen molar-refractivity contribution in [2.75, 3.05) is 18.0 Å². The van der Waals surface area contributed by atoms with E-state index in [0.29, 0.717) is 12.5 Å². The first-order chi connectivity index (χ1) is 11.7.